The molecule has 0 saturated heterocycles. The zero-order valence-corrected chi connectivity index (χ0v) is 17.5. The first kappa shape index (κ1) is 21.9. The minimum atomic E-state index is -3.95. The number of rotatable bonds is 8. The van der Waals surface area contributed by atoms with Gasteiger partial charge in [-0.25, -0.2) is 18.0 Å². The van der Waals surface area contributed by atoms with E-state index < -0.39 is 22.0 Å². The van der Waals surface area contributed by atoms with Gasteiger partial charge in [-0.15, -0.1) is 0 Å². The third-order valence-corrected chi connectivity index (χ3v) is 5.59. The van der Waals surface area contributed by atoms with Crippen molar-refractivity contribution in [1.29, 1.82) is 0 Å². The topological polar surface area (TPSA) is 121 Å². The molecular weight excluding hydrogens is 426 g/mol. The molecule has 0 aliphatic carbocycles. The molecule has 0 unspecified atom stereocenters. The summed E-state index contributed by atoms with van der Waals surface area (Å²) in [5.74, 6) is -0.712. The van der Waals surface area contributed by atoms with Crippen LogP contribution in [0.2, 0.25) is 0 Å². The van der Waals surface area contributed by atoms with Crippen molar-refractivity contribution in [1.82, 2.24) is 0 Å². The molecule has 0 bridgehead atoms. The van der Waals surface area contributed by atoms with Gasteiger partial charge in [0.05, 0.1) is 30.9 Å². The molecule has 1 heterocycles. The van der Waals surface area contributed by atoms with Crippen LogP contribution in [0.5, 0.6) is 5.75 Å². The van der Waals surface area contributed by atoms with E-state index in [9.17, 15) is 18.0 Å². The molecular formula is C21H19NO8S. The molecule has 0 amide bonds. The van der Waals surface area contributed by atoms with E-state index in [2.05, 4.69) is 9.46 Å². The van der Waals surface area contributed by atoms with Gasteiger partial charge in [0.1, 0.15) is 11.3 Å². The molecule has 31 heavy (non-hydrogen) atoms. The number of anilines is 1. The fraction of sp³-hybridized carbons (Fsp3) is 0.143. The van der Waals surface area contributed by atoms with Gasteiger partial charge in [0, 0.05) is 5.69 Å². The lowest BCUT2D eigenvalue weighted by Gasteiger charge is -2.10. The minimum Gasteiger partial charge on any atom is -0.497 e. The van der Waals surface area contributed by atoms with Gasteiger partial charge < -0.3 is 18.6 Å². The highest BCUT2D eigenvalue weighted by Gasteiger charge is 2.20. The zero-order chi connectivity index (χ0) is 22.4. The highest BCUT2D eigenvalue weighted by Crippen LogP contribution is 2.21. The van der Waals surface area contributed by atoms with Gasteiger partial charge in [-0.3, -0.25) is 4.72 Å². The summed E-state index contributed by atoms with van der Waals surface area (Å²) in [5.41, 5.74) is 0.487. The Morgan fingerprint density at radius 1 is 1.00 bits per heavy atom. The number of hydrogen-bond donors (Lipinski definition) is 1. The first-order valence-corrected chi connectivity index (χ1v) is 10.4. The van der Waals surface area contributed by atoms with Crippen molar-refractivity contribution >= 4 is 27.6 Å². The number of ether oxygens (including phenoxy) is 3. The van der Waals surface area contributed by atoms with Crippen LogP contribution < -0.4 is 9.46 Å². The molecule has 3 aromatic rings. The van der Waals surface area contributed by atoms with Crippen molar-refractivity contribution in [3.63, 3.8) is 0 Å². The van der Waals surface area contributed by atoms with Crippen LogP contribution in [0.3, 0.4) is 0 Å². The number of esters is 2. The minimum absolute atomic E-state index is 0.0174. The second-order valence-corrected chi connectivity index (χ2v) is 7.87. The molecule has 1 N–H and O–H groups in total. The summed E-state index contributed by atoms with van der Waals surface area (Å²) in [7, 11) is -1.22. The van der Waals surface area contributed by atoms with E-state index in [4.69, 9.17) is 13.9 Å². The van der Waals surface area contributed by atoms with E-state index in [0.717, 1.165) is 0 Å². The van der Waals surface area contributed by atoms with E-state index in [1.165, 1.54) is 50.8 Å². The largest absolute Gasteiger partial charge is 0.497 e. The average molecular weight is 445 g/mol. The number of nitrogens with one attached hydrogen (secondary N) is 1. The second kappa shape index (κ2) is 9.35. The molecule has 0 fully saturated rings. The van der Waals surface area contributed by atoms with E-state index >= 15 is 0 Å². The first-order chi connectivity index (χ1) is 14.8. The summed E-state index contributed by atoms with van der Waals surface area (Å²) in [6.45, 7) is -0.322. The number of benzene rings is 2. The highest BCUT2D eigenvalue weighted by molar-refractivity contribution is 7.92. The number of sulfonamides is 1. The van der Waals surface area contributed by atoms with Gasteiger partial charge in [0.2, 0.25) is 0 Å². The molecule has 0 aliphatic rings. The monoisotopic (exact) mass is 445 g/mol. The molecule has 2 aromatic carbocycles. The van der Waals surface area contributed by atoms with Crippen molar-refractivity contribution in [2.45, 2.75) is 11.5 Å². The zero-order valence-electron chi connectivity index (χ0n) is 16.7. The van der Waals surface area contributed by atoms with Gasteiger partial charge in [0.15, 0.2) is 12.4 Å². The van der Waals surface area contributed by atoms with E-state index in [-0.39, 0.29) is 28.4 Å². The molecule has 3 rings (SSSR count). The van der Waals surface area contributed by atoms with Gasteiger partial charge in [-0.05, 0) is 48.5 Å². The van der Waals surface area contributed by atoms with Crippen LogP contribution >= 0.6 is 0 Å². The molecule has 0 radical (unpaired) electrons. The summed E-state index contributed by atoms with van der Waals surface area (Å²) < 4.78 is 47.7. The van der Waals surface area contributed by atoms with Crippen molar-refractivity contribution in [3.8, 4) is 5.75 Å². The Morgan fingerprint density at radius 2 is 1.74 bits per heavy atom. The van der Waals surface area contributed by atoms with E-state index in [1.54, 1.807) is 24.3 Å². The fourth-order valence-electron chi connectivity index (χ4n) is 2.62. The highest BCUT2D eigenvalue weighted by atomic mass is 32.2. The Kier molecular flexibility index (Phi) is 6.61. The van der Waals surface area contributed by atoms with Crippen molar-refractivity contribution in [2.24, 2.45) is 0 Å². The van der Waals surface area contributed by atoms with Crippen LogP contribution in [-0.4, -0.2) is 34.6 Å². The quantitative estimate of drug-likeness (QED) is 0.525. The van der Waals surface area contributed by atoms with E-state index in [1.807, 2.05) is 0 Å². The lowest BCUT2D eigenvalue weighted by Crippen LogP contribution is -2.14. The third kappa shape index (κ3) is 5.23. The lowest BCUT2D eigenvalue weighted by atomic mass is 10.2. The van der Waals surface area contributed by atoms with Crippen molar-refractivity contribution in [2.75, 3.05) is 18.9 Å². The Bertz CT molecular complexity index is 1180. The number of furan rings is 1. The van der Waals surface area contributed by atoms with Crippen LogP contribution in [0, 0.1) is 0 Å². The number of carbonyl (C=O) groups is 2. The maximum absolute atomic E-state index is 12.7. The second-order valence-electron chi connectivity index (χ2n) is 6.19. The molecule has 10 heteroatoms. The summed E-state index contributed by atoms with van der Waals surface area (Å²) in [6, 6.07) is 13.1. The number of methoxy groups -OCH3 is 2. The average Bonchev–Trinajstić information content (AvgIpc) is 3.26. The maximum Gasteiger partial charge on any atom is 0.341 e. The number of hydrogen-bond acceptors (Lipinski definition) is 8. The summed E-state index contributed by atoms with van der Waals surface area (Å²) >= 11 is 0. The predicted molar refractivity (Wildman–Crippen MR) is 109 cm³/mol. The third-order valence-electron chi connectivity index (χ3n) is 4.21. The van der Waals surface area contributed by atoms with Crippen molar-refractivity contribution < 1.29 is 36.6 Å². The fourth-order valence-corrected chi connectivity index (χ4v) is 3.73. The first-order valence-electron chi connectivity index (χ1n) is 8.93. The maximum atomic E-state index is 12.7. The van der Waals surface area contributed by atoms with Crippen LogP contribution in [0.4, 0.5) is 5.69 Å². The van der Waals surface area contributed by atoms with Crippen molar-refractivity contribution in [3.05, 3.63) is 77.7 Å². The van der Waals surface area contributed by atoms with Gasteiger partial charge >= 0.3 is 11.9 Å². The summed E-state index contributed by atoms with van der Waals surface area (Å²) in [4.78, 5) is 23.9. The Labute approximate surface area is 178 Å². The van der Waals surface area contributed by atoms with Crippen LogP contribution in [-0.2, 0) is 26.1 Å². The summed E-state index contributed by atoms with van der Waals surface area (Å²) in [6.07, 6.45) is 1.27. The molecule has 9 nitrogen and oxygen atoms in total. The normalized spacial score (nSPS) is 10.9. The van der Waals surface area contributed by atoms with Crippen LogP contribution in [0.1, 0.15) is 26.5 Å². The predicted octanol–water partition coefficient (Wildman–Crippen LogP) is 3.23. The number of carbonyl (C=O) groups excluding carboxylic acids is 2. The lowest BCUT2D eigenvalue weighted by molar-refractivity contribution is 0.0432. The Hall–Kier alpha value is -3.79. The summed E-state index contributed by atoms with van der Waals surface area (Å²) in [5, 5.41) is 0. The van der Waals surface area contributed by atoms with Gasteiger partial charge in [0.25, 0.3) is 10.0 Å². The molecule has 1 aromatic heterocycles. The van der Waals surface area contributed by atoms with Crippen LogP contribution in [0.15, 0.2) is 70.2 Å². The smallest absolute Gasteiger partial charge is 0.341 e. The van der Waals surface area contributed by atoms with Gasteiger partial charge in [-0.1, -0.05) is 6.07 Å². The molecule has 0 aliphatic heterocycles. The molecule has 0 saturated carbocycles. The SMILES string of the molecule is COC(=O)c1ccoc1COC(=O)c1cccc(S(=O)(=O)Nc2ccc(OC)cc2)c1. The molecule has 0 spiro atoms. The van der Waals surface area contributed by atoms with Gasteiger partial charge in [-0.2, -0.15) is 0 Å². The standard InChI is InChI=1S/C21H19NO8S/c1-27-16-8-6-15(7-9-16)22-31(25,26)17-5-3-4-14(12-17)20(23)30-13-19-18(10-11-29-19)21(24)28-2/h3-12,22H,13H2,1-2H3. The van der Waals surface area contributed by atoms with E-state index in [0.29, 0.717) is 11.4 Å². The van der Waals surface area contributed by atoms with Crippen LogP contribution in [0.25, 0.3) is 0 Å². The molecule has 0 atom stereocenters. The Balaban J connectivity index is 1.72. The molecule has 162 valence electrons. The Morgan fingerprint density at radius 3 is 2.42 bits per heavy atom.